The molecule has 8 nitrogen and oxygen atoms in total. The number of nitrogen functional groups attached to an aromatic ring is 1. The van der Waals surface area contributed by atoms with E-state index in [4.69, 9.17) is 10.5 Å². The highest BCUT2D eigenvalue weighted by atomic mass is 19.1. The Bertz CT molecular complexity index is 1090. The lowest BCUT2D eigenvalue weighted by atomic mass is 9.71. The van der Waals surface area contributed by atoms with Gasteiger partial charge in [0.15, 0.2) is 5.82 Å². The van der Waals surface area contributed by atoms with Crippen LogP contribution in [0, 0.1) is 11.3 Å². The van der Waals surface area contributed by atoms with Crippen molar-refractivity contribution >= 4 is 22.8 Å². The second-order valence-corrected chi connectivity index (χ2v) is 8.46. The molecule has 4 N–H and O–H groups in total. The van der Waals surface area contributed by atoms with Crippen molar-refractivity contribution < 1.29 is 14.2 Å². The monoisotopic (exact) mass is 412 g/mol. The van der Waals surface area contributed by atoms with Gasteiger partial charge in [0.25, 0.3) is 0 Å². The Balaban J connectivity index is 1.39. The van der Waals surface area contributed by atoms with E-state index in [1.165, 1.54) is 0 Å². The highest BCUT2D eigenvalue weighted by Crippen LogP contribution is 2.64. The van der Waals surface area contributed by atoms with E-state index in [0.717, 1.165) is 42.5 Å². The summed E-state index contributed by atoms with van der Waals surface area (Å²) < 4.78 is 20.7. The van der Waals surface area contributed by atoms with Gasteiger partial charge in [0.1, 0.15) is 23.0 Å². The summed E-state index contributed by atoms with van der Waals surface area (Å²) >= 11 is 0. The van der Waals surface area contributed by atoms with Gasteiger partial charge >= 0.3 is 0 Å². The number of hydrogen-bond acceptors (Lipinski definition) is 7. The van der Waals surface area contributed by atoms with E-state index < -0.39 is 6.17 Å². The van der Waals surface area contributed by atoms with Crippen LogP contribution in [-0.4, -0.2) is 44.7 Å². The van der Waals surface area contributed by atoms with Crippen molar-refractivity contribution in [1.29, 1.82) is 0 Å². The summed E-state index contributed by atoms with van der Waals surface area (Å²) in [6.45, 7) is 1.13. The standard InChI is InChI=1S/C21H25FN6O2/c1-30-16-4-12(11-29)2-3-14(16)10-28-18-15(9-25-28)26-20(23)27-19(18)24-8-13-5-21(6-13)7-17(21)22/h2-4,9,13,17,29H,5-8,10-11H2,1H3,(H3,23,24,26,27). The maximum absolute atomic E-state index is 13.4. The normalized spacial score (nSPS) is 24.8. The third kappa shape index (κ3) is 3.23. The predicted molar refractivity (Wildman–Crippen MR) is 111 cm³/mol. The fourth-order valence-corrected chi connectivity index (χ4v) is 4.64. The third-order valence-electron chi connectivity index (χ3n) is 6.40. The Labute approximate surface area is 173 Å². The number of nitrogens with zero attached hydrogens (tertiary/aromatic N) is 4. The predicted octanol–water partition coefficient (Wildman–Crippen LogP) is 2.51. The first-order valence-electron chi connectivity index (χ1n) is 10.1. The maximum atomic E-state index is 13.4. The van der Waals surface area contributed by atoms with Gasteiger partial charge in [-0.2, -0.15) is 10.1 Å². The highest BCUT2D eigenvalue weighted by Gasteiger charge is 2.62. The van der Waals surface area contributed by atoms with Crippen molar-refractivity contribution in [2.75, 3.05) is 24.7 Å². The number of nitrogens with one attached hydrogen (secondary N) is 1. The van der Waals surface area contributed by atoms with Crippen LogP contribution in [0.3, 0.4) is 0 Å². The summed E-state index contributed by atoms with van der Waals surface area (Å²) in [5.41, 5.74) is 9.00. The fourth-order valence-electron chi connectivity index (χ4n) is 4.64. The number of ether oxygens (including phenoxy) is 1. The molecular weight excluding hydrogens is 387 g/mol. The summed E-state index contributed by atoms with van der Waals surface area (Å²) in [6.07, 6.45) is 3.64. The van der Waals surface area contributed by atoms with Gasteiger partial charge in [-0.25, -0.2) is 9.37 Å². The van der Waals surface area contributed by atoms with Gasteiger partial charge in [0.05, 0.1) is 26.5 Å². The molecule has 2 aliphatic carbocycles. The van der Waals surface area contributed by atoms with Crippen LogP contribution in [0.25, 0.3) is 11.0 Å². The van der Waals surface area contributed by atoms with Crippen molar-refractivity contribution in [2.24, 2.45) is 11.3 Å². The van der Waals surface area contributed by atoms with Crippen LogP contribution in [0.2, 0.25) is 0 Å². The minimum atomic E-state index is -0.608. The molecule has 9 heteroatoms. The Morgan fingerprint density at radius 3 is 2.83 bits per heavy atom. The molecule has 30 heavy (non-hydrogen) atoms. The van der Waals surface area contributed by atoms with E-state index in [0.29, 0.717) is 29.5 Å². The number of benzene rings is 1. The smallest absolute Gasteiger partial charge is 0.222 e. The minimum absolute atomic E-state index is 0.0224. The van der Waals surface area contributed by atoms with E-state index in [1.54, 1.807) is 13.3 Å². The van der Waals surface area contributed by atoms with E-state index >= 15 is 0 Å². The topological polar surface area (TPSA) is 111 Å². The molecule has 0 bridgehead atoms. The van der Waals surface area contributed by atoms with Crippen molar-refractivity contribution in [2.45, 2.75) is 38.6 Å². The molecule has 158 valence electrons. The summed E-state index contributed by atoms with van der Waals surface area (Å²) in [6, 6.07) is 5.59. The molecule has 2 fully saturated rings. The van der Waals surface area contributed by atoms with Gasteiger partial charge in [0, 0.05) is 17.5 Å². The summed E-state index contributed by atoms with van der Waals surface area (Å²) in [4.78, 5) is 8.70. The summed E-state index contributed by atoms with van der Waals surface area (Å²) in [5, 5.41) is 17.2. The van der Waals surface area contributed by atoms with Crippen LogP contribution in [0.5, 0.6) is 5.75 Å². The number of nitrogens with two attached hydrogens (primary N) is 1. The van der Waals surface area contributed by atoms with Crippen molar-refractivity contribution in [3.63, 3.8) is 0 Å². The first-order valence-corrected chi connectivity index (χ1v) is 10.1. The van der Waals surface area contributed by atoms with Crippen LogP contribution in [0.4, 0.5) is 16.2 Å². The van der Waals surface area contributed by atoms with E-state index in [1.807, 2.05) is 22.9 Å². The van der Waals surface area contributed by atoms with Crippen molar-refractivity contribution in [3.05, 3.63) is 35.5 Å². The first-order chi connectivity index (χ1) is 14.5. The largest absolute Gasteiger partial charge is 0.496 e. The number of hydrogen-bond donors (Lipinski definition) is 3. The van der Waals surface area contributed by atoms with Crippen LogP contribution >= 0.6 is 0 Å². The molecule has 0 radical (unpaired) electrons. The number of fused-ring (bicyclic) bond motifs is 1. The molecule has 2 saturated carbocycles. The van der Waals surface area contributed by atoms with Crippen LogP contribution in [0.1, 0.15) is 30.4 Å². The molecule has 1 aromatic carbocycles. The molecule has 3 aromatic rings. The van der Waals surface area contributed by atoms with E-state index in [2.05, 4.69) is 20.4 Å². The van der Waals surface area contributed by atoms with Gasteiger partial charge in [-0.15, -0.1) is 0 Å². The molecular formula is C21H25FN6O2. The average molecular weight is 412 g/mol. The summed E-state index contributed by atoms with van der Waals surface area (Å²) in [7, 11) is 1.60. The SMILES string of the molecule is COc1cc(CO)ccc1Cn1ncc2nc(N)nc(NCC3CC4(C3)CC4F)c21. The number of aromatic nitrogens is 4. The van der Waals surface area contributed by atoms with E-state index in [-0.39, 0.29) is 18.0 Å². The number of halogens is 1. The Hall–Kier alpha value is -2.94. The number of methoxy groups -OCH3 is 1. The lowest BCUT2D eigenvalue weighted by Gasteiger charge is -2.35. The highest BCUT2D eigenvalue weighted by molar-refractivity contribution is 5.86. The molecule has 1 atom stereocenters. The zero-order valence-corrected chi connectivity index (χ0v) is 16.8. The third-order valence-corrected chi connectivity index (χ3v) is 6.40. The van der Waals surface area contributed by atoms with Gasteiger partial charge in [-0.3, -0.25) is 4.68 Å². The second kappa shape index (κ2) is 7.09. The zero-order valence-electron chi connectivity index (χ0n) is 16.8. The van der Waals surface area contributed by atoms with Crippen LogP contribution in [-0.2, 0) is 13.2 Å². The minimum Gasteiger partial charge on any atom is -0.496 e. The van der Waals surface area contributed by atoms with Crippen molar-refractivity contribution in [3.8, 4) is 5.75 Å². The first kappa shape index (κ1) is 19.0. The van der Waals surface area contributed by atoms with Gasteiger partial charge < -0.3 is 20.9 Å². The quantitative estimate of drug-likeness (QED) is 0.547. The number of alkyl halides is 1. The zero-order chi connectivity index (χ0) is 20.9. The lowest BCUT2D eigenvalue weighted by Crippen LogP contribution is -2.32. The molecule has 2 aliphatic rings. The maximum Gasteiger partial charge on any atom is 0.222 e. The van der Waals surface area contributed by atoms with Gasteiger partial charge in [-0.1, -0.05) is 12.1 Å². The number of anilines is 2. The van der Waals surface area contributed by atoms with Crippen LogP contribution < -0.4 is 15.8 Å². The fraction of sp³-hybridized carbons (Fsp3) is 0.476. The number of aliphatic hydroxyl groups is 1. The molecule has 0 amide bonds. The molecule has 2 heterocycles. The molecule has 0 saturated heterocycles. The van der Waals surface area contributed by atoms with Gasteiger partial charge in [-0.05, 0) is 36.8 Å². The lowest BCUT2D eigenvalue weighted by molar-refractivity contribution is 0.144. The van der Waals surface area contributed by atoms with Gasteiger partial charge in [0.2, 0.25) is 5.95 Å². The second-order valence-electron chi connectivity index (χ2n) is 8.46. The number of rotatable bonds is 7. The molecule has 5 rings (SSSR count). The molecule has 2 aromatic heterocycles. The summed E-state index contributed by atoms with van der Waals surface area (Å²) in [5.74, 6) is 1.94. The Kier molecular flexibility index (Phi) is 4.50. The number of aliphatic hydroxyl groups excluding tert-OH is 1. The average Bonchev–Trinajstić information content (AvgIpc) is 3.23. The molecule has 1 unspecified atom stereocenters. The van der Waals surface area contributed by atoms with Crippen LogP contribution in [0.15, 0.2) is 24.4 Å². The Morgan fingerprint density at radius 2 is 2.13 bits per heavy atom. The van der Waals surface area contributed by atoms with Crippen molar-refractivity contribution in [1.82, 2.24) is 19.7 Å². The molecule has 1 spiro atoms. The van der Waals surface area contributed by atoms with E-state index in [9.17, 15) is 9.50 Å². The Morgan fingerprint density at radius 1 is 1.33 bits per heavy atom. The molecule has 0 aliphatic heterocycles.